The molecular weight excluding hydrogens is 132 g/mol. The topological polar surface area (TPSA) is 0 Å². The molecule has 0 aliphatic heterocycles. The molecule has 0 heteroatoms. The maximum Gasteiger partial charge on any atom is -0.0470 e. The van der Waals surface area contributed by atoms with E-state index < -0.39 is 0 Å². The Hall–Kier alpha value is -0.260. The Bertz CT molecular complexity index is 44.3. The van der Waals surface area contributed by atoms with E-state index in [0.717, 1.165) is 5.92 Å². The van der Waals surface area contributed by atoms with Gasteiger partial charge in [0.25, 0.3) is 0 Å². The van der Waals surface area contributed by atoms with Crippen LogP contribution in [0.15, 0.2) is 12.2 Å². The summed E-state index contributed by atoms with van der Waals surface area (Å²) in [6.45, 7) is 14.8. The maximum atomic E-state index is 2.17. The van der Waals surface area contributed by atoms with Crippen molar-refractivity contribution < 1.29 is 0 Å². The van der Waals surface area contributed by atoms with Crippen LogP contribution in [0.3, 0.4) is 0 Å². The second kappa shape index (κ2) is 22.6. The quantitative estimate of drug-likeness (QED) is 0.450. The van der Waals surface area contributed by atoms with Crippen LogP contribution < -0.4 is 0 Å². The molecule has 0 fully saturated rings. The van der Waals surface area contributed by atoms with Crippen molar-refractivity contribution >= 4 is 0 Å². The standard InChI is InChI=1S/C4H10.C4H8.C3H8/c1-4(2)3;1-3-4-2;1-3-2/h4H,1-3H3;3-4H,1-2H3;3H2,1-2H3. The van der Waals surface area contributed by atoms with Crippen molar-refractivity contribution in [1.29, 1.82) is 0 Å². The summed E-state index contributed by atoms with van der Waals surface area (Å²) in [7, 11) is 0. The van der Waals surface area contributed by atoms with E-state index in [4.69, 9.17) is 0 Å². The number of hydrogen-bond donors (Lipinski definition) is 0. The second-order valence-electron chi connectivity index (χ2n) is 3.11. The van der Waals surface area contributed by atoms with E-state index in [1.807, 2.05) is 26.0 Å². The predicted octanol–water partition coefficient (Wildman–Crippen LogP) is 4.66. The fraction of sp³-hybridized carbons (Fsp3) is 0.818. The summed E-state index contributed by atoms with van der Waals surface area (Å²) in [5.74, 6) is 0.833. The number of allylic oxidation sites excluding steroid dienone is 2. The summed E-state index contributed by atoms with van der Waals surface area (Å²) in [4.78, 5) is 0. The van der Waals surface area contributed by atoms with E-state index >= 15 is 0 Å². The highest BCUT2D eigenvalue weighted by Crippen LogP contribution is 1.81. The van der Waals surface area contributed by atoms with Gasteiger partial charge in [-0.2, -0.15) is 0 Å². The first kappa shape index (κ1) is 17.0. The molecular formula is C11H26. The van der Waals surface area contributed by atoms with Crippen LogP contribution in [0, 0.1) is 5.92 Å². The molecule has 0 atom stereocenters. The molecule has 0 nitrogen and oxygen atoms in total. The van der Waals surface area contributed by atoms with Crippen molar-refractivity contribution in [3.8, 4) is 0 Å². The fourth-order valence-corrected chi connectivity index (χ4v) is 0. The van der Waals surface area contributed by atoms with Crippen LogP contribution in [-0.4, -0.2) is 0 Å². The van der Waals surface area contributed by atoms with Gasteiger partial charge >= 0.3 is 0 Å². The van der Waals surface area contributed by atoms with Gasteiger partial charge in [-0.3, -0.25) is 0 Å². The summed E-state index contributed by atoms with van der Waals surface area (Å²) in [6, 6.07) is 0. The summed E-state index contributed by atoms with van der Waals surface area (Å²) < 4.78 is 0. The van der Waals surface area contributed by atoms with Crippen LogP contribution in [0.4, 0.5) is 0 Å². The van der Waals surface area contributed by atoms with E-state index in [1.54, 1.807) is 0 Å². The van der Waals surface area contributed by atoms with Gasteiger partial charge in [0.2, 0.25) is 0 Å². The molecule has 0 N–H and O–H groups in total. The van der Waals surface area contributed by atoms with Gasteiger partial charge in [0.1, 0.15) is 0 Å². The highest BCUT2D eigenvalue weighted by atomic mass is 13.7. The predicted molar refractivity (Wildman–Crippen MR) is 57.0 cm³/mol. The Morgan fingerprint density at radius 2 is 1.00 bits per heavy atom. The highest BCUT2D eigenvalue weighted by molar-refractivity contribution is 4.68. The molecule has 70 valence electrons. The molecule has 0 spiro atoms. The molecule has 0 amide bonds. The van der Waals surface area contributed by atoms with E-state index in [-0.39, 0.29) is 0 Å². The van der Waals surface area contributed by atoms with Gasteiger partial charge in [0, 0.05) is 0 Å². The average molecular weight is 158 g/mol. The maximum absolute atomic E-state index is 2.17. The molecule has 0 radical (unpaired) electrons. The summed E-state index contributed by atoms with van der Waals surface area (Å²) in [5, 5.41) is 0. The van der Waals surface area contributed by atoms with Gasteiger partial charge in [0.15, 0.2) is 0 Å². The Kier molecular flexibility index (Phi) is 34.9. The molecule has 0 heterocycles. The Balaban J connectivity index is -0.0000000886. The molecule has 0 saturated carbocycles. The zero-order valence-electron chi connectivity index (χ0n) is 9.44. The molecule has 0 rings (SSSR count). The molecule has 0 aromatic rings. The zero-order chi connectivity index (χ0) is 9.70. The van der Waals surface area contributed by atoms with Crippen LogP contribution in [0.25, 0.3) is 0 Å². The molecule has 0 aromatic heterocycles. The first-order valence-electron chi connectivity index (χ1n) is 4.63. The van der Waals surface area contributed by atoms with Gasteiger partial charge in [-0.1, -0.05) is 53.2 Å². The van der Waals surface area contributed by atoms with E-state index in [9.17, 15) is 0 Å². The Morgan fingerprint density at radius 3 is 1.00 bits per heavy atom. The molecule has 0 bridgehead atoms. The lowest BCUT2D eigenvalue weighted by Gasteiger charge is -1.79. The summed E-state index contributed by atoms with van der Waals surface area (Å²) in [6.07, 6.45) is 5.25. The normalized spacial score (nSPS) is 8.36. The van der Waals surface area contributed by atoms with E-state index in [0.29, 0.717) is 0 Å². The zero-order valence-corrected chi connectivity index (χ0v) is 9.44. The minimum absolute atomic E-state index is 0.833. The smallest absolute Gasteiger partial charge is 0.0470 e. The third kappa shape index (κ3) is 1070. The lowest BCUT2D eigenvalue weighted by Crippen LogP contribution is -1.66. The van der Waals surface area contributed by atoms with Gasteiger partial charge < -0.3 is 0 Å². The lowest BCUT2D eigenvalue weighted by atomic mass is 10.3. The minimum Gasteiger partial charge on any atom is -0.0919 e. The first-order chi connectivity index (χ1) is 5.06. The average Bonchev–Trinajstić information content (AvgIpc) is 1.88. The van der Waals surface area contributed by atoms with Crippen molar-refractivity contribution in [1.82, 2.24) is 0 Å². The number of hydrogen-bond acceptors (Lipinski definition) is 0. The third-order valence-electron chi connectivity index (χ3n) is 0.333. The molecule has 0 unspecified atom stereocenters. The molecule has 0 saturated heterocycles. The Labute approximate surface area is 73.7 Å². The SMILES string of the molecule is CC(C)C.CC=CC.CCC. The Morgan fingerprint density at radius 1 is 0.909 bits per heavy atom. The van der Waals surface area contributed by atoms with Crippen molar-refractivity contribution in [2.24, 2.45) is 5.92 Å². The summed E-state index contributed by atoms with van der Waals surface area (Å²) in [5.41, 5.74) is 0. The lowest BCUT2D eigenvalue weighted by molar-refractivity contribution is 0.737. The van der Waals surface area contributed by atoms with E-state index in [2.05, 4.69) is 34.6 Å². The van der Waals surface area contributed by atoms with Crippen LogP contribution in [0.5, 0.6) is 0 Å². The van der Waals surface area contributed by atoms with Crippen LogP contribution in [0.1, 0.15) is 54.9 Å². The van der Waals surface area contributed by atoms with Crippen LogP contribution in [-0.2, 0) is 0 Å². The fourth-order valence-electron chi connectivity index (χ4n) is 0. The molecule has 0 aliphatic rings. The largest absolute Gasteiger partial charge is 0.0919 e. The summed E-state index contributed by atoms with van der Waals surface area (Å²) >= 11 is 0. The van der Waals surface area contributed by atoms with Crippen molar-refractivity contribution in [2.45, 2.75) is 54.9 Å². The monoisotopic (exact) mass is 158 g/mol. The molecule has 0 aromatic carbocycles. The van der Waals surface area contributed by atoms with E-state index in [1.165, 1.54) is 6.42 Å². The van der Waals surface area contributed by atoms with Crippen molar-refractivity contribution in [3.05, 3.63) is 12.2 Å². The molecule has 11 heavy (non-hydrogen) atoms. The van der Waals surface area contributed by atoms with Crippen molar-refractivity contribution in [2.75, 3.05) is 0 Å². The van der Waals surface area contributed by atoms with Crippen LogP contribution in [0.2, 0.25) is 0 Å². The minimum atomic E-state index is 0.833. The van der Waals surface area contributed by atoms with Crippen LogP contribution >= 0.6 is 0 Å². The van der Waals surface area contributed by atoms with Gasteiger partial charge in [-0.15, -0.1) is 0 Å². The van der Waals surface area contributed by atoms with Crippen molar-refractivity contribution in [3.63, 3.8) is 0 Å². The second-order valence-corrected chi connectivity index (χ2v) is 3.11. The third-order valence-corrected chi connectivity index (χ3v) is 0.333. The molecule has 0 aliphatic carbocycles. The first-order valence-corrected chi connectivity index (χ1v) is 4.63. The van der Waals surface area contributed by atoms with Gasteiger partial charge in [-0.05, 0) is 19.8 Å². The number of rotatable bonds is 0. The van der Waals surface area contributed by atoms with Gasteiger partial charge in [0.05, 0.1) is 0 Å². The van der Waals surface area contributed by atoms with Gasteiger partial charge in [-0.25, -0.2) is 0 Å². The highest BCUT2D eigenvalue weighted by Gasteiger charge is 1.68.